The average Bonchev–Trinajstić information content (AvgIpc) is 3.32. The minimum absolute atomic E-state index is 0.0966. The number of rotatable bonds is 10. The van der Waals surface area contributed by atoms with E-state index in [1.807, 2.05) is 6.07 Å². The number of fused-ring (bicyclic) bond motifs is 1. The lowest BCUT2D eigenvalue weighted by atomic mass is 9.60. The van der Waals surface area contributed by atoms with E-state index in [2.05, 4.69) is 31.0 Å². The van der Waals surface area contributed by atoms with Crippen LogP contribution >= 0.6 is 0 Å². The van der Waals surface area contributed by atoms with E-state index >= 15 is 0 Å². The molecule has 4 radical (unpaired) electrons. The largest absolute Gasteiger partial charge is 0.358 e. The SMILES string of the molecule is [B]C([B])(CNC=O)N(C)Cc1cnn2cc(CNC(=O)c3nonc3C3CC3)nc2c1. The zero-order chi connectivity index (χ0) is 22.0. The topological polar surface area (TPSA) is 131 Å². The molecule has 11 nitrogen and oxygen atoms in total. The van der Waals surface area contributed by atoms with E-state index in [1.165, 1.54) is 0 Å². The van der Waals surface area contributed by atoms with Gasteiger partial charge in [0.05, 0.1) is 40.3 Å². The van der Waals surface area contributed by atoms with Crippen molar-refractivity contribution in [2.45, 2.75) is 37.2 Å². The van der Waals surface area contributed by atoms with Crippen LogP contribution in [0.2, 0.25) is 0 Å². The molecular weight excluding hydrogens is 398 g/mol. The summed E-state index contributed by atoms with van der Waals surface area (Å²) < 4.78 is 6.34. The van der Waals surface area contributed by atoms with Crippen LogP contribution in [0.5, 0.6) is 0 Å². The zero-order valence-corrected chi connectivity index (χ0v) is 17.0. The van der Waals surface area contributed by atoms with Gasteiger partial charge in [0.25, 0.3) is 5.91 Å². The summed E-state index contributed by atoms with van der Waals surface area (Å²) in [5.41, 5.74) is 2.93. The number of hydrogen-bond acceptors (Lipinski definition) is 8. The number of amides is 2. The van der Waals surface area contributed by atoms with Gasteiger partial charge in [0.15, 0.2) is 11.3 Å². The number of hydrogen-bond donors (Lipinski definition) is 2. The van der Waals surface area contributed by atoms with E-state index in [0.717, 1.165) is 18.4 Å². The Morgan fingerprint density at radius 3 is 2.97 bits per heavy atom. The molecule has 0 aromatic carbocycles. The molecule has 0 spiro atoms. The second-order valence-corrected chi connectivity index (χ2v) is 7.70. The predicted molar refractivity (Wildman–Crippen MR) is 110 cm³/mol. The quantitative estimate of drug-likeness (QED) is 0.320. The molecule has 1 saturated carbocycles. The maximum atomic E-state index is 12.4. The summed E-state index contributed by atoms with van der Waals surface area (Å²) in [6.45, 7) is 0.707. The molecule has 156 valence electrons. The van der Waals surface area contributed by atoms with Gasteiger partial charge in [-0.15, -0.1) is 0 Å². The summed E-state index contributed by atoms with van der Waals surface area (Å²) in [5.74, 6) is -0.0837. The summed E-state index contributed by atoms with van der Waals surface area (Å²) >= 11 is 0. The van der Waals surface area contributed by atoms with Gasteiger partial charge in [-0.25, -0.2) is 14.1 Å². The van der Waals surface area contributed by atoms with Crippen LogP contribution in [0.15, 0.2) is 23.1 Å². The minimum Gasteiger partial charge on any atom is -0.358 e. The van der Waals surface area contributed by atoms with Crippen LogP contribution in [0, 0.1) is 0 Å². The van der Waals surface area contributed by atoms with Crippen molar-refractivity contribution in [3.05, 3.63) is 41.1 Å². The van der Waals surface area contributed by atoms with Crippen molar-refractivity contribution in [2.75, 3.05) is 13.6 Å². The molecule has 2 N–H and O–H groups in total. The first-order chi connectivity index (χ1) is 14.9. The highest BCUT2D eigenvalue weighted by molar-refractivity contribution is 6.40. The minimum atomic E-state index is -1.22. The normalized spacial score (nSPS) is 14.1. The third kappa shape index (κ3) is 4.76. The van der Waals surface area contributed by atoms with Crippen LogP contribution in [0.4, 0.5) is 0 Å². The Kier molecular flexibility index (Phi) is 5.77. The zero-order valence-electron chi connectivity index (χ0n) is 17.0. The number of nitrogens with zero attached hydrogens (tertiary/aromatic N) is 6. The number of carbonyl (C=O) groups excluding carboxylic acids is 2. The van der Waals surface area contributed by atoms with Crippen molar-refractivity contribution < 1.29 is 14.2 Å². The molecule has 2 amide bonds. The highest BCUT2D eigenvalue weighted by Gasteiger charge is 2.33. The molecule has 3 aromatic heterocycles. The molecule has 0 unspecified atom stereocenters. The van der Waals surface area contributed by atoms with Crippen LogP contribution in [0.25, 0.3) is 5.65 Å². The molecular formula is C18H20B2N8O3. The van der Waals surface area contributed by atoms with Gasteiger partial charge in [0.2, 0.25) is 6.41 Å². The van der Waals surface area contributed by atoms with Crippen LogP contribution in [0.1, 0.15) is 46.2 Å². The van der Waals surface area contributed by atoms with E-state index in [1.54, 1.807) is 28.9 Å². The van der Waals surface area contributed by atoms with Crippen LogP contribution in [-0.2, 0) is 17.9 Å². The van der Waals surface area contributed by atoms with E-state index < -0.39 is 5.34 Å². The molecule has 13 heteroatoms. The molecule has 1 fully saturated rings. The van der Waals surface area contributed by atoms with Crippen LogP contribution < -0.4 is 10.6 Å². The molecule has 3 heterocycles. The van der Waals surface area contributed by atoms with Gasteiger partial charge in [0.1, 0.15) is 5.69 Å². The first kappa shape index (κ1) is 21.0. The van der Waals surface area contributed by atoms with Crippen molar-refractivity contribution in [1.82, 2.24) is 40.4 Å². The van der Waals surface area contributed by atoms with Crippen molar-refractivity contribution in [3.63, 3.8) is 0 Å². The third-order valence-corrected chi connectivity index (χ3v) is 5.15. The van der Waals surface area contributed by atoms with Gasteiger partial charge < -0.3 is 15.5 Å². The second kappa shape index (κ2) is 8.50. The van der Waals surface area contributed by atoms with E-state index in [-0.39, 0.29) is 30.6 Å². The number of carbonyl (C=O) groups is 2. The molecule has 4 rings (SSSR count). The summed E-state index contributed by atoms with van der Waals surface area (Å²) in [6.07, 6.45) is 5.95. The number of imidazole rings is 1. The standard InChI is InChI=1S/C18H20B2N8O3/c1-27(18(19,20)9-21-10-29)7-11-4-14-24-13(8-28(14)23-5-11)6-22-17(30)16-15(12-2-3-12)25-31-26-16/h4-5,8,10,12H,2-3,6-7,9H2,1H3,(H,21,29)(H,22,30). The Labute approximate surface area is 180 Å². The average molecular weight is 418 g/mol. The van der Waals surface area contributed by atoms with Crippen LogP contribution in [0.3, 0.4) is 0 Å². The van der Waals surface area contributed by atoms with Gasteiger partial charge in [-0.1, -0.05) is 5.16 Å². The van der Waals surface area contributed by atoms with Gasteiger partial charge >= 0.3 is 0 Å². The van der Waals surface area contributed by atoms with E-state index in [4.69, 9.17) is 20.3 Å². The summed E-state index contributed by atoms with van der Waals surface area (Å²) in [6, 6.07) is 1.85. The third-order valence-electron chi connectivity index (χ3n) is 5.15. The number of likely N-dealkylation sites (N-methyl/N-ethyl adjacent to an activating group) is 1. The van der Waals surface area contributed by atoms with Crippen molar-refractivity contribution in [1.29, 1.82) is 0 Å². The number of nitrogens with one attached hydrogen (secondary N) is 2. The molecule has 0 atom stereocenters. The van der Waals surface area contributed by atoms with Gasteiger partial charge in [-0.2, -0.15) is 5.10 Å². The fourth-order valence-electron chi connectivity index (χ4n) is 3.13. The lowest BCUT2D eigenvalue weighted by molar-refractivity contribution is -0.109. The van der Waals surface area contributed by atoms with Crippen molar-refractivity contribution in [3.8, 4) is 0 Å². The van der Waals surface area contributed by atoms with Crippen molar-refractivity contribution in [2.24, 2.45) is 0 Å². The molecule has 0 aliphatic heterocycles. The maximum absolute atomic E-state index is 12.4. The Morgan fingerprint density at radius 1 is 1.42 bits per heavy atom. The fraction of sp³-hybridized carbons (Fsp3) is 0.444. The lowest BCUT2D eigenvalue weighted by Gasteiger charge is -2.36. The van der Waals surface area contributed by atoms with E-state index in [9.17, 15) is 9.59 Å². The highest BCUT2D eigenvalue weighted by Crippen LogP contribution is 2.40. The first-order valence-electron chi connectivity index (χ1n) is 9.77. The Hall–Kier alpha value is -3.21. The van der Waals surface area contributed by atoms with Gasteiger partial charge in [-0.3, -0.25) is 9.59 Å². The van der Waals surface area contributed by atoms with Gasteiger partial charge in [-0.05, 0) is 42.0 Å². The van der Waals surface area contributed by atoms with E-state index in [0.29, 0.717) is 30.0 Å². The summed E-state index contributed by atoms with van der Waals surface area (Å²) in [4.78, 5) is 29.1. The van der Waals surface area contributed by atoms with Gasteiger partial charge in [0, 0.05) is 19.0 Å². The van der Waals surface area contributed by atoms with Crippen LogP contribution in [-0.4, -0.2) is 76.8 Å². The monoisotopic (exact) mass is 418 g/mol. The predicted octanol–water partition coefficient (Wildman–Crippen LogP) is -0.912. The Bertz CT molecular complexity index is 1090. The summed E-state index contributed by atoms with van der Waals surface area (Å²) in [7, 11) is 13.8. The summed E-state index contributed by atoms with van der Waals surface area (Å²) in [5, 5.41) is 16.0. The lowest BCUT2D eigenvalue weighted by Crippen LogP contribution is -2.54. The molecule has 1 aliphatic rings. The Morgan fingerprint density at radius 2 is 2.23 bits per heavy atom. The fourth-order valence-corrected chi connectivity index (χ4v) is 3.13. The molecule has 0 bridgehead atoms. The number of aromatic nitrogens is 5. The smallest absolute Gasteiger partial charge is 0.275 e. The first-order valence-corrected chi connectivity index (χ1v) is 9.77. The molecule has 31 heavy (non-hydrogen) atoms. The Balaban J connectivity index is 1.40. The van der Waals surface area contributed by atoms with Crippen molar-refractivity contribution >= 4 is 33.7 Å². The maximum Gasteiger partial charge on any atom is 0.275 e. The highest BCUT2D eigenvalue weighted by atomic mass is 16.6. The molecule has 1 aliphatic carbocycles. The second-order valence-electron chi connectivity index (χ2n) is 7.70. The molecule has 0 saturated heterocycles. The molecule has 3 aromatic rings.